The molecule has 0 aliphatic rings. The van der Waals surface area contributed by atoms with Crippen molar-refractivity contribution in [1.29, 1.82) is 0 Å². The Bertz CT molecular complexity index is 449. The Morgan fingerprint density at radius 1 is 1.41 bits per heavy atom. The van der Waals surface area contributed by atoms with E-state index in [1.54, 1.807) is 0 Å². The molecule has 0 spiro atoms. The molecule has 0 fully saturated rings. The Morgan fingerprint density at radius 2 is 2.29 bits per heavy atom. The fraction of sp³-hybridized carbons (Fsp3) is 0.385. The van der Waals surface area contributed by atoms with Gasteiger partial charge >= 0.3 is 0 Å². The van der Waals surface area contributed by atoms with Crippen LogP contribution in [0.5, 0.6) is 0 Å². The largest absolute Gasteiger partial charge is 0.312 e. The molecule has 17 heavy (non-hydrogen) atoms. The Kier molecular flexibility index (Phi) is 3.88. The summed E-state index contributed by atoms with van der Waals surface area (Å²) in [6, 6.07) is 6.33. The maximum Gasteiger partial charge on any atom is 0.0573 e. The van der Waals surface area contributed by atoms with Crippen LogP contribution in [0.2, 0.25) is 0 Å². The molecule has 1 unspecified atom stereocenters. The van der Waals surface area contributed by atoms with Crippen molar-refractivity contribution in [1.82, 2.24) is 20.1 Å². The monoisotopic (exact) mass is 230 g/mol. The number of aromatic nitrogens is 3. The van der Waals surface area contributed by atoms with Gasteiger partial charge in [0, 0.05) is 25.5 Å². The lowest BCUT2D eigenvalue weighted by Crippen LogP contribution is -2.18. The minimum atomic E-state index is 0.302. The number of hydrogen-bond donors (Lipinski definition) is 1. The lowest BCUT2D eigenvalue weighted by molar-refractivity contribution is 0.536. The van der Waals surface area contributed by atoms with Crippen molar-refractivity contribution in [2.45, 2.75) is 18.9 Å². The van der Waals surface area contributed by atoms with Gasteiger partial charge in [0.1, 0.15) is 0 Å². The van der Waals surface area contributed by atoms with Gasteiger partial charge in [-0.05, 0) is 37.6 Å². The molecule has 1 atom stereocenters. The van der Waals surface area contributed by atoms with Crippen LogP contribution in [-0.4, -0.2) is 21.8 Å². The normalized spacial score (nSPS) is 12.6. The first-order chi connectivity index (χ1) is 8.29. The van der Waals surface area contributed by atoms with Gasteiger partial charge in [-0.2, -0.15) is 5.10 Å². The molecular weight excluding hydrogens is 212 g/mol. The molecule has 2 rings (SSSR count). The minimum absolute atomic E-state index is 0.302. The van der Waals surface area contributed by atoms with Crippen LogP contribution in [0.3, 0.4) is 0 Å². The van der Waals surface area contributed by atoms with E-state index in [0.29, 0.717) is 6.04 Å². The highest BCUT2D eigenvalue weighted by molar-refractivity contribution is 5.10. The number of hydrogen-bond acceptors (Lipinski definition) is 3. The summed E-state index contributed by atoms with van der Waals surface area (Å²) in [5.74, 6) is 0. The molecule has 90 valence electrons. The first-order valence-electron chi connectivity index (χ1n) is 5.85. The summed E-state index contributed by atoms with van der Waals surface area (Å²) in [4.78, 5) is 4.38. The zero-order valence-electron chi connectivity index (χ0n) is 10.3. The standard InChI is InChI=1S/C13H18N4/c1-14-12(13-5-3-4-8-15-13)7-6-11-9-16-17(2)10-11/h3-5,8-10,12,14H,6-7H2,1-2H3. The molecule has 2 aromatic heterocycles. The summed E-state index contributed by atoms with van der Waals surface area (Å²) < 4.78 is 1.84. The first kappa shape index (κ1) is 11.8. The van der Waals surface area contributed by atoms with E-state index in [4.69, 9.17) is 0 Å². The summed E-state index contributed by atoms with van der Waals surface area (Å²) in [5, 5.41) is 7.48. The Hall–Kier alpha value is -1.68. The van der Waals surface area contributed by atoms with Gasteiger partial charge < -0.3 is 5.32 Å². The first-order valence-corrected chi connectivity index (χ1v) is 5.85. The van der Waals surface area contributed by atoms with Gasteiger partial charge in [-0.25, -0.2) is 0 Å². The van der Waals surface area contributed by atoms with Crippen LogP contribution < -0.4 is 5.32 Å². The topological polar surface area (TPSA) is 42.7 Å². The van der Waals surface area contributed by atoms with Crippen molar-refractivity contribution in [2.24, 2.45) is 7.05 Å². The molecular formula is C13H18N4. The second-order valence-corrected chi connectivity index (χ2v) is 4.16. The van der Waals surface area contributed by atoms with Gasteiger partial charge in [-0.3, -0.25) is 9.67 Å². The molecule has 0 aromatic carbocycles. The number of rotatable bonds is 5. The van der Waals surface area contributed by atoms with Crippen LogP contribution in [0, 0.1) is 0 Å². The van der Waals surface area contributed by atoms with Crippen LogP contribution in [0.15, 0.2) is 36.8 Å². The molecule has 2 aromatic rings. The second kappa shape index (κ2) is 5.59. The highest BCUT2D eigenvalue weighted by Crippen LogP contribution is 2.16. The summed E-state index contributed by atoms with van der Waals surface area (Å²) in [6.07, 6.45) is 7.86. The van der Waals surface area contributed by atoms with Gasteiger partial charge in [-0.1, -0.05) is 6.07 Å². The highest BCUT2D eigenvalue weighted by Gasteiger charge is 2.10. The molecule has 0 saturated heterocycles. The Labute approximate surface area is 102 Å². The number of nitrogens with zero attached hydrogens (tertiary/aromatic N) is 3. The molecule has 0 bridgehead atoms. The number of nitrogens with one attached hydrogen (secondary N) is 1. The van der Waals surface area contributed by atoms with Crippen LogP contribution in [0.1, 0.15) is 23.7 Å². The van der Waals surface area contributed by atoms with Crippen LogP contribution in [-0.2, 0) is 13.5 Å². The van der Waals surface area contributed by atoms with Gasteiger partial charge in [0.05, 0.1) is 11.9 Å². The lowest BCUT2D eigenvalue weighted by Gasteiger charge is -2.14. The summed E-state index contributed by atoms with van der Waals surface area (Å²) >= 11 is 0. The van der Waals surface area contributed by atoms with E-state index >= 15 is 0 Å². The van der Waals surface area contributed by atoms with Crippen molar-refractivity contribution < 1.29 is 0 Å². The third-order valence-corrected chi connectivity index (χ3v) is 2.87. The molecule has 0 saturated carbocycles. The zero-order valence-corrected chi connectivity index (χ0v) is 10.3. The molecule has 0 radical (unpaired) electrons. The van der Waals surface area contributed by atoms with Crippen molar-refractivity contribution in [3.05, 3.63) is 48.0 Å². The quantitative estimate of drug-likeness (QED) is 0.850. The maximum absolute atomic E-state index is 4.38. The van der Waals surface area contributed by atoms with E-state index in [-0.39, 0.29) is 0 Å². The summed E-state index contributed by atoms with van der Waals surface area (Å²) in [6.45, 7) is 0. The van der Waals surface area contributed by atoms with E-state index in [2.05, 4.69) is 27.7 Å². The number of aryl methyl sites for hydroxylation is 2. The molecule has 4 heteroatoms. The third kappa shape index (κ3) is 3.14. The molecule has 1 N–H and O–H groups in total. The van der Waals surface area contributed by atoms with Gasteiger partial charge in [0.2, 0.25) is 0 Å². The Morgan fingerprint density at radius 3 is 2.88 bits per heavy atom. The predicted octanol–water partition coefficient (Wildman–Crippen LogP) is 1.71. The average molecular weight is 230 g/mol. The van der Waals surface area contributed by atoms with Crippen LogP contribution >= 0.6 is 0 Å². The highest BCUT2D eigenvalue weighted by atomic mass is 15.2. The van der Waals surface area contributed by atoms with Gasteiger partial charge in [-0.15, -0.1) is 0 Å². The van der Waals surface area contributed by atoms with Crippen molar-refractivity contribution in [2.75, 3.05) is 7.05 Å². The molecule has 2 heterocycles. The van der Waals surface area contributed by atoms with Crippen molar-refractivity contribution >= 4 is 0 Å². The SMILES string of the molecule is CNC(CCc1cnn(C)c1)c1ccccn1. The average Bonchev–Trinajstić information content (AvgIpc) is 2.77. The van der Waals surface area contributed by atoms with Crippen LogP contribution in [0.25, 0.3) is 0 Å². The van der Waals surface area contributed by atoms with E-state index in [1.165, 1.54) is 5.56 Å². The maximum atomic E-state index is 4.38. The zero-order chi connectivity index (χ0) is 12.1. The molecule has 0 amide bonds. The van der Waals surface area contributed by atoms with Crippen LogP contribution in [0.4, 0.5) is 0 Å². The van der Waals surface area contributed by atoms with Crippen molar-refractivity contribution in [3.63, 3.8) is 0 Å². The van der Waals surface area contributed by atoms with Gasteiger partial charge in [0.25, 0.3) is 0 Å². The van der Waals surface area contributed by atoms with Crippen molar-refractivity contribution in [3.8, 4) is 0 Å². The van der Waals surface area contributed by atoms with E-state index in [0.717, 1.165) is 18.5 Å². The Balaban J connectivity index is 1.97. The smallest absolute Gasteiger partial charge is 0.0573 e. The third-order valence-electron chi connectivity index (χ3n) is 2.87. The van der Waals surface area contributed by atoms with E-state index in [1.807, 2.05) is 43.3 Å². The number of pyridine rings is 1. The van der Waals surface area contributed by atoms with Gasteiger partial charge in [0.15, 0.2) is 0 Å². The summed E-state index contributed by atoms with van der Waals surface area (Å²) in [5.41, 5.74) is 2.36. The molecule has 0 aliphatic carbocycles. The fourth-order valence-corrected chi connectivity index (χ4v) is 1.93. The fourth-order valence-electron chi connectivity index (χ4n) is 1.93. The summed E-state index contributed by atoms with van der Waals surface area (Å²) in [7, 11) is 3.92. The van der Waals surface area contributed by atoms with E-state index in [9.17, 15) is 0 Å². The second-order valence-electron chi connectivity index (χ2n) is 4.16. The van der Waals surface area contributed by atoms with E-state index < -0.39 is 0 Å². The minimum Gasteiger partial charge on any atom is -0.312 e. The predicted molar refractivity (Wildman–Crippen MR) is 67.6 cm³/mol. The molecule has 4 nitrogen and oxygen atoms in total. The molecule has 0 aliphatic heterocycles. The lowest BCUT2D eigenvalue weighted by atomic mass is 10.0.